The zero-order valence-electron chi connectivity index (χ0n) is 15.8. The average molecular weight is 465 g/mol. The van der Waals surface area contributed by atoms with Gasteiger partial charge in [0.25, 0.3) is 0 Å². The number of aromatic nitrogens is 3. The minimum Gasteiger partial charge on any atom is -0.311 e. The van der Waals surface area contributed by atoms with Gasteiger partial charge in [-0.3, -0.25) is 9.59 Å². The van der Waals surface area contributed by atoms with E-state index in [0.717, 1.165) is 5.56 Å². The van der Waals surface area contributed by atoms with Crippen LogP contribution in [0.15, 0.2) is 42.0 Å². The average Bonchev–Trinajstić information content (AvgIpc) is 3.37. The third-order valence-electron chi connectivity index (χ3n) is 5.03. The molecule has 6 nitrogen and oxygen atoms in total. The Morgan fingerprint density at radius 1 is 1.03 bits per heavy atom. The number of hydrogen-bond donors (Lipinski definition) is 0. The van der Waals surface area contributed by atoms with Crippen LogP contribution in [0.5, 0.6) is 0 Å². The van der Waals surface area contributed by atoms with Crippen molar-refractivity contribution in [3.63, 3.8) is 0 Å². The van der Waals surface area contributed by atoms with Crippen molar-refractivity contribution in [3.8, 4) is 17.5 Å². The van der Waals surface area contributed by atoms with Gasteiger partial charge in [-0.05, 0) is 42.5 Å². The molecule has 0 N–H and O–H groups in total. The van der Waals surface area contributed by atoms with Crippen molar-refractivity contribution in [3.05, 3.63) is 73.7 Å². The van der Waals surface area contributed by atoms with E-state index in [1.807, 2.05) is 23.7 Å². The van der Waals surface area contributed by atoms with Crippen molar-refractivity contribution in [2.24, 2.45) is 7.05 Å². The lowest BCUT2D eigenvalue weighted by molar-refractivity contribution is 0.0990. The molecule has 0 bridgehead atoms. The molecule has 0 unspecified atom stereocenters. The summed E-state index contributed by atoms with van der Waals surface area (Å²) in [4.78, 5) is 35.3. The molecule has 0 spiro atoms. The van der Waals surface area contributed by atoms with E-state index >= 15 is 0 Å². The summed E-state index contributed by atoms with van der Waals surface area (Å²) in [7, 11) is 1.84. The van der Waals surface area contributed by atoms with Crippen molar-refractivity contribution in [2.75, 3.05) is 0 Å². The zero-order valence-corrected chi connectivity index (χ0v) is 18.1. The van der Waals surface area contributed by atoms with Crippen molar-refractivity contribution in [1.29, 1.82) is 5.26 Å². The lowest BCUT2D eigenvalue weighted by atomic mass is 10.1. The number of rotatable bonds is 2. The highest BCUT2D eigenvalue weighted by Crippen LogP contribution is 2.35. The Kier molecular flexibility index (Phi) is 4.52. The maximum Gasteiger partial charge on any atom is 0.197 e. The maximum atomic E-state index is 12.7. The number of thiazole rings is 1. The Hall–Kier alpha value is -3.31. The van der Waals surface area contributed by atoms with Crippen LogP contribution in [0.3, 0.4) is 0 Å². The molecule has 2 heterocycles. The first-order valence-corrected chi connectivity index (χ1v) is 10.6. The van der Waals surface area contributed by atoms with Gasteiger partial charge in [0.15, 0.2) is 22.0 Å². The number of Topliss-reactive ketones (excluding diaryl/α,β-unsaturated/α-hetero) is 2. The molecule has 4 aromatic rings. The van der Waals surface area contributed by atoms with Crippen molar-refractivity contribution in [1.82, 2.24) is 14.5 Å². The quantitative estimate of drug-likeness (QED) is 0.295. The fraction of sp³-hybridized carbons (Fsp3) is 0.0455. The molecule has 0 saturated carbocycles. The van der Waals surface area contributed by atoms with E-state index < -0.39 is 11.6 Å². The highest BCUT2D eigenvalue weighted by molar-refractivity contribution is 7.19. The van der Waals surface area contributed by atoms with Crippen LogP contribution in [0, 0.1) is 11.3 Å². The van der Waals surface area contributed by atoms with Gasteiger partial charge in [0, 0.05) is 23.7 Å². The van der Waals surface area contributed by atoms with Gasteiger partial charge in [0.2, 0.25) is 0 Å². The van der Waals surface area contributed by atoms with Gasteiger partial charge in [-0.2, -0.15) is 5.26 Å². The second-order valence-corrected chi connectivity index (χ2v) is 8.72. The van der Waals surface area contributed by atoms with Gasteiger partial charge in [0.1, 0.15) is 10.8 Å². The van der Waals surface area contributed by atoms with E-state index in [-0.39, 0.29) is 26.7 Å². The molecular weight excluding hydrogens is 455 g/mol. The first kappa shape index (κ1) is 19.6. The summed E-state index contributed by atoms with van der Waals surface area (Å²) in [6.45, 7) is 0. The number of nitriles is 1. The van der Waals surface area contributed by atoms with Crippen LogP contribution in [0.1, 0.15) is 31.3 Å². The van der Waals surface area contributed by atoms with Gasteiger partial charge in [-0.25, -0.2) is 9.97 Å². The summed E-state index contributed by atoms with van der Waals surface area (Å²) in [6.07, 6.45) is 1.49. The molecule has 0 aliphatic heterocycles. The lowest BCUT2D eigenvalue weighted by Crippen LogP contribution is -2.00. The number of nitrogens with zero attached hydrogens (tertiary/aromatic N) is 4. The highest BCUT2D eigenvalue weighted by Gasteiger charge is 2.34. The Morgan fingerprint density at radius 2 is 1.65 bits per heavy atom. The van der Waals surface area contributed by atoms with Crippen LogP contribution in [0.2, 0.25) is 10.0 Å². The van der Waals surface area contributed by atoms with Crippen LogP contribution < -0.4 is 0 Å². The number of carbonyl (C=O) groups excluding carboxylic acids is 2. The third kappa shape index (κ3) is 3.08. The van der Waals surface area contributed by atoms with Crippen LogP contribution in [0.4, 0.5) is 0 Å². The van der Waals surface area contributed by atoms with E-state index in [2.05, 4.69) is 16.0 Å². The summed E-state index contributed by atoms with van der Waals surface area (Å²) in [5, 5.41) is 9.91. The second kappa shape index (κ2) is 7.13. The molecule has 0 radical (unpaired) electrons. The number of aryl methyl sites for hydroxylation is 1. The predicted molar refractivity (Wildman–Crippen MR) is 120 cm³/mol. The summed E-state index contributed by atoms with van der Waals surface area (Å²) in [5.41, 5.74) is 2.58. The Balaban J connectivity index is 1.53. The lowest BCUT2D eigenvalue weighted by Gasteiger charge is -2.01. The maximum absolute atomic E-state index is 12.7. The minimum atomic E-state index is -0.399. The number of allylic oxidation sites excluding steroid dienone is 1. The first-order chi connectivity index (χ1) is 14.9. The van der Waals surface area contributed by atoms with Gasteiger partial charge in [-0.15, -0.1) is 0 Å². The number of hydrogen-bond acceptors (Lipinski definition) is 6. The zero-order chi connectivity index (χ0) is 21.9. The molecular formula is C22H10Cl2N4O2S. The highest BCUT2D eigenvalue weighted by atomic mass is 35.5. The molecule has 9 heteroatoms. The monoisotopic (exact) mass is 464 g/mol. The Morgan fingerprint density at radius 3 is 2.19 bits per heavy atom. The molecule has 0 atom stereocenters. The molecule has 5 rings (SSSR count). The number of ketones is 2. The third-order valence-corrected chi connectivity index (χ3v) is 6.64. The number of halogens is 2. The molecule has 0 amide bonds. The predicted octanol–water partition coefficient (Wildman–Crippen LogP) is 5.34. The van der Waals surface area contributed by atoms with Crippen molar-refractivity contribution < 1.29 is 9.59 Å². The molecule has 2 aromatic carbocycles. The summed E-state index contributed by atoms with van der Waals surface area (Å²) < 4.78 is 1.84. The number of imidazole rings is 1. The van der Waals surface area contributed by atoms with Gasteiger partial charge in [0.05, 0.1) is 27.3 Å². The number of carbonyl (C=O) groups is 2. The molecule has 31 heavy (non-hydrogen) atoms. The molecule has 0 saturated heterocycles. The summed E-state index contributed by atoms with van der Waals surface area (Å²) in [6, 6.07) is 12.1. The largest absolute Gasteiger partial charge is 0.311 e. The summed E-state index contributed by atoms with van der Waals surface area (Å²) in [5.74, 6) is -0.0877. The smallest absolute Gasteiger partial charge is 0.197 e. The molecule has 0 fully saturated rings. The van der Waals surface area contributed by atoms with E-state index in [1.54, 1.807) is 12.1 Å². The molecule has 2 aromatic heterocycles. The van der Waals surface area contributed by atoms with Gasteiger partial charge >= 0.3 is 0 Å². The van der Waals surface area contributed by atoms with Gasteiger partial charge < -0.3 is 4.57 Å². The van der Waals surface area contributed by atoms with Crippen LogP contribution in [-0.2, 0) is 7.05 Å². The van der Waals surface area contributed by atoms with Crippen LogP contribution >= 0.6 is 34.5 Å². The van der Waals surface area contributed by atoms with E-state index in [9.17, 15) is 9.59 Å². The van der Waals surface area contributed by atoms with E-state index in [4.69, 9.17) is 28.5 Å². The number of fused-ring (bicyclic) bond motifs is 2. The van der Waals surface area contributed by atoms with Crippen molar-refractivity contribution >= 4 is 62.7 Å². The van der Waals surface area contributed by atoms with Crippen LogP contribution in [-0.4, -0.2) is 26.1 Å². The molecule has 1 aliphatic carbocycles. The fourth-order valence-electron chi connectivity index (χ4n) is 3.47. The Labute approximate surface area is 190 Å². The Bertz CT molecular complexity index is 1460. The standard InChI is InChI=1S/C22H10Cl2N4O2S/c1-28-20(11-4-2-10(9-25)3-5-11)27-22-21(28)26-17(31-22)8-14-18(29)12-6-15(23)16(24)7-13(12)19(14)30/h2-8H,1H3. The van der Waals surface area contributed by atoms with Gasteiger partial charge in [-0.1, -0.05) is 34.5 Å². The van der Waals surface area contributed by atoms with Crippen molar-refractivity contribution in [2.45, 2.75) is 0 Å². The minimum absolute atomic E-state index is 0.0275. The van der Waals surface area contributed by atoms with Crippen LogP contribution in [0.25, 0.3) is 27.9 Å². The fourth-order valence-corrected chi connectivity index (χ4v) is 4.71. The van der Waals surface area contributed by atoms with E-state index in [1.165, 1.54) is 29.5 Å². The first-order valence-electron chi connectivity index (χ1n) is 9.01. The topological polar surface area (TPSA) is 88.6 Å². The van der Waals surface area contributed by atoms with E-state index in [0.29, 0.717) is 26.9 Å². The SMILES string of the molecule is Cn1c(-c2ccc(C#N)cc2)nc2sc(C=C3C(=O)c4cc(Cl)c(Cl)cc4C3=O)nc21. The normalized spacial score (nSPS) is 13.0. The second-order valence-electron chi connectivity index (χ2n) is 6.89. The molecule has 1 aliphatic rings. The summed E-state index contributed by atoms with van der Waals surface area (Å²) >= 11 is 13.3. The number of benzene rings is 2. The molecule has 150 valence electrons.